The van der Waals surface area contributed by atoms with Gasteiger partial charge in [0.1, 0.15) is 5.82 Å². The Morgan fingerprint density at radius 3 is 3.00 bits per heavy atom. The number of carbonyl (C=O) groups is 1. The topological polar surface area (TPSA) is 63.1 Å². The van der Waals surface area contributed by atoms with Gasteiger partial charge >= 0.3 is 0 Å². The van der Waals surface area contributed by atoms with Gasteiger partial charge < -0.3 is 10.2 Å². The van der Waals surface area contributed by atoms with Crippen LogP contribution in [-0.2, 0) is 18.3 Å². The lowest BCUT2D eigenvalue weighted by Gasteiger charge is -2.25. The fourth-order valence-electron chi connectivity index (χ4n) is 3.23. The molecule has 6 nitrogen and oxygen atoms in total. The molecule has 1 atom stereocenters. The lowest BCUT2D eigenvalue weighted by molar-refractivity contribution is -0.132. The predicted molar refractivity (Wildman–Crippen MR) is 89.0 cm³/mol. The number of nitrogens with one attached hydrogen (secondary N) is 1. The quantitative estimate of drug-likeness (QED) is 0.919. The van der Waals surface area contributed by atoms with Crippen molar-refractivity contribution in [2.75, 3.05) is 18.9 Å². The second-order valence-corrected chi connectivity index (χ2v) is 5.92. The third-order valence-corrected chi connectivity index (χ3v) is 4.52. The summed E-state index contributed by atoms with van der Waals surface area (Å²) in [4.78, 5) is 18.9. The summed E-state index contributed by atoms with van der Waals surface area (Å²) in [6.07, 6.45) is 6.91. The van der Waals surface area contributed by atoms with Crippen LogP contribution in [0, 0.1) is 0 Å². The van der Waals surface area contributed by atoms with E-state index in [9.17, 15) is 4.79 Å². The Bertz CT molecular complexity index is 681. The maximum Gasteiger partial charge on any atom is 0.223 e. The molecule has 2 aromatic rings. The molecule has 0 saturated carbocycles. The van der Waals surface area contributed by atoms with Gasteiger partial charge in [0.25, 0.3) is 0 Å². The van der Waals surface area contributed by atoms with E-state index in [1.54, 1.807) is 12.4 Å². The molecule has 1 saturated heterocycles. The largest absolute Gasteiger partial charge is 0.373 e. The first-order chi connectivity index (χ1) is 11.2. The highest BCUT2D eigenvalue weighted by atomic mass is 16.2. The highest BCUT2D eigenvalue weighted by Gasteiger charge is 2.29. The van der Waals surface area contributed by atoms with Crippen molar-refractivity contribution < 1.29 is 4.79 Å². The van der Waals surface area contributed by atoms with E-state index in [0.717, 1.165) is 42.9 Å². The average Bonchev–Trinajstić information content (AvgIpc) is 3.21. The zero-order valence-electron chi connectivity index (χ0n) is 13.7. The molecule has 3 rings (SSSR count). The van der Waals surface area contributed by atoms with Gasteiger partial charge in [0.05, 0.1) is 6.04 Å². The highest BCUT2D eigenvalue weighted by molar-refractivity contribution is 5.77. The van der Waals surface area contributed by atoms with E-state index in [1.165, 1.54) is 0 Å². The number of hydrogen-bond acceptors (Lipinski definition) is 4. The molecule has 1 aliphatic heterocycles. The fraction of sp³-hybridized carbons (Fsp3) is 0.471. The van der Waals surface area contributed by atoms with Crippen molar-refractivity contribution in [3.05, 3.63) is 41.9 Å². The number of anilines is 1. The van der Waals surface area contributed by atoms with Crippen molar-refractivity contribution in [2.24, 2.45) is 7.05 Å². The van der Waals surface area contributed by atoms with Gasteiger partial charge in [-0.25, -0.2) is 4.98 Å². The third kappa shape index (κ3) is 3.36. The fourth-order valence-corrected chi connectivity index (χ4v) is 3.23. The second kappa shape index (κ2) is 6.81. The van der Waals surface area contributed by atoms with Gasteiger partial charge in [-0.05, 0) is 43.0 Å². The maximum absolute atomic E-state index is 12.7. The van der Waals surface area contributed by atoms with Gasteiger partial charge in [-0.2, -0.15) is 5.10 Å². The number of pyridine rings is 1. The molecule has 0 aliphatic carbocycles. The summed E-state index contributed by atoms with van der Waals surface area (Å²) < 4.78 is 1.83. The van der Waals surface area contributed by atoms with Crippen LogP contribution in [0.4, 0.5) is 5.82 Å². The molecule has 23 heavy (non-hydrogen) atoms. The van der Waals surface area contributed by atoms with Gasteiger partial charge in [0.2, 0.25) is 5.91 Å². The van der Waals surface area contributed by atoms with E-state index >= 15 is 0 Å². The molecule has 6 heteroatoms. The first-order valence-electron chi connectivity index (χ1n) is 8.09. The molecule has 0 spiro atoms. The summed E-state index contributed by atoms with van der Waals surface area (Å²) in [5.74, 6) is 1.06. The van der Waals surface area contributed by atoms with E-state index in [4.69, 9.17) is 0 Å². The summed E-state index contributed by atoms with van der Waals surface area (Å²) >= 11 is 0. The summed E-state index contributed by atoms with van der Waals surface area (Å²) in [6.45, 7) is 0.839. The van der Waals surface area contributed by atoms with Crippen LogP contribution in [0.1, 0.15) is 36.6 Å². The van der Waals surface area contributed by atoms with Gasteiger partial charge in [0, 0.05) is 45.1 Å². The zero-order chi connectivity index (χ0) is 16.2. The molecule has 0 bridgehead atoms. The van der Waals surface area contributed by atoms with E-state index in [2.05, 4.69) is 15.4 Å². The van der Waals surface area contributed by atoms with Crippen LogP contribution in [0.2, 0.25) is 0 Å². The van der Waals surface area contributed by atoms with Crippen molar-refractivity contribution >= 4 is 11.7 Å². The lowest BCUT2D eigenvalue weighted by atomic mass is 10.1. The van der Waals surface area contributed by atoms with Crippen LogP contribution in [0.3, 0.4) is 0 Å². The van der Waals surface area contributed by atoms with Crippen molar-refractivity contribution in [1.29, 1.82) is 0 Å². The van der Waals surface area contributed by atoms with E-state index in [-0.39, 0.29) is 11.9 Å². The number of carbonyl (C=O) groups excluding carboxylic acids is 1. The molecule has 3 heterocycles. The molecular formula is C17H23N5O. The first kappa shape index (κ1) is 15.5. The second-order valence-electron chi connectivity index (χ2n) is 5.92. The number of likely N-dealkylation sites (tertiary alicyclic amines) is 1. The maximum atomic E-state index is 12.7. The Morgan fingerprint density at radius 2 is 2.26 bits per heavy atom. The normalized spacial score (nSPS) is 17.5. The molecule has 0 radical (unpaired) electrons. The Morgan fingerprint density at radius 1 is 1.39 bits per heavy atom. The molecule has 1 fully saturated rings. The Hall–Kier alpha value is -2.37. The molecule has 1 aliphatic rings. The first-order valence-corrected chi connectivity index (χ1v) is 8.09. The van der Waals surface area contributed by atoms with E-state index in [1.807, 2.05) is 41.9 Å². The summed E-state index contributed by atoms with van der Waals surface area (Å²) in [7, 11) is 3.77. The molecule has 1 amide bonds. The van der Waals surface area contributed by atoms with Crippen molar-refractivity contribution in [3.8, 4) is 0 Å². The number of rotatable bonds is 5. The van der Waals surface area contributed by atoms with Crippen molar-refractivity contribution in [1.82, 2.24) is 19.7 Å². The molecule has 122 valence electrons. The number of aromatic nitrogens is 3. The van der Waals surface area contributed by atoms with Crippen LogP contribution < -0.4 is 5.32 Å². The zero-order valence-corrected chi connectivity index (χ0v) is 13.7. The SMILES string of the molecule is CNc1cc(C2CCCN2C(=O)CCc2ccnn2C)ccn1. The van der Waals surface area contributed by atoms with Gasteiger partial charge in [-0.15, -0.1) is 0 Å². The number of amides is 1. The minimum Gasteiger partial charge on any atom is -0.373 e. The van der Waals surface area contributed by atoms with Crippen LogP contribution in [-0.4, -0.2) is 39.2 Å². The average molecular weight is 313 g/mol. The van der Waals surface area contributed by atoms with E-state index < -0.39 is 0 Å². The van der Waals surface area contributed by atoms with Gasteiger partial charge in [-0.1, -0.05) is 0 Å². The van der Waals surface area contributed by atoms with Crippen molar-refractivity contribution in [3.63, 3.8) is 0 Å². The Kier molecular flexibility index (Phi) is 4.60. The van der Waals surface area contributed by atoms with Crippen LogP contribution in [0.15, 0.2) is 30.6 Å². The van der Waals surface area contributed by atoms with Crippen LogP contribution in [0.25, 0.3) is 0 Å². The smallest absolute Gasteiger partial charge is 0.223 e. The summed E-state index contributed by atoms with van der Waals surface area (Å²) in [5.41, 5.74) is 2.26. The standard InChI is InChI=1S/C17H23N5O/c1-18-16-12-13(7-9-19-16)15-4-3-11-22(15)17(23)6-5-14-8-10-20-21(14)2/h7-10,12,15H,3-6,11H2,1-2H3,(H,18,19). The van der Waals surface area contributed by atoms with Gasteiger partial charge in [0.15, 0.2) is 0 Å². The molecule has 1 unspecified atom stereocenters. The Balaban J connectivity index is 1.68. The van der Waals surface area contributed by atoms with Crippen molar-refractivity contribution in [2.45, 2.75) is 31.7 Å². The molecule has 1 N–H and O–H groups in total. The highest BCUT2D eigenvalue weighted by Crippen LogP contribution is 2.33. The van der Waals surface area contributed by atoms with Crippen LogP contribution in [0.5, 0.6) is 0 Å². The minimum absolute atomic E-state index is 0.170. The lowest BCUT2D eigenvalue weighted by Crippen LogP contribution is -2.30. The number of aryl methyl sites for hydroxylation is 2. The summed E-state index contributed by atoms with van der Waals surface area (Å²) in [5, 5.41) is 7.21. The van der Waals surface area contributed by atoms with Gasteiger partial charge in [-0.3, -0.25) is 9.48 Å². The summed E-state index contributed by atoms with van der Waals surface area (Å²) in [6, 6.07) is 6.19. The predicted octanol–water partition coefficient (Wildman–Crippen LogP) is 2.15. The molecule has 0 aromatic carbocycles. The minimum atomic E-state index is 0.170. The van der Waals surface area contributed by atoms with Crippen LogP contribution >= 0.6 is 0 Å². The molecule has 2 aromatic heterocycles. The molecular weight excluding hydrogens is 290 g/mol. The Labute approximate surface area is 136 Å². The third-order valence-electron chi connectivity index (χ3n) is 4.52. The number of nitrogens with zero attached hydrogens (tertiary/aromatic N) is 4. The number of hydrogen-bond donors (Lipinski definition) is 1. The monoisotopic (exact) mass is 313 g/mol. The van der Waals surface area contributed by atoms with E-state index in [0.29, 0.717) is 6.42 Å².